The quantitative estimate of drug-likeness (QED) is 0.375. The largest absolute Gasteiger partial charge is 0.452 e. The lowest BCUT2D eigenvalue weighted by Crippen LogP contribution is -2.43. The van der Waals surface area contributed by atoms with Crippen molar-refractivity contribution in [3.63, 3.8) is 0 Å². The van der Waals surface area contributed by atoms with E-state index in [4.69, 9.17) is 14.2 Å². The van der Waals surface area contributed by atoms with Crippen molar-refractivity contribution in [3.05, 3.63) is 58.1 Å². The number of esters is 2. The molecule has 0 spiro atoms. The number of aliphatic hydroxyl groups excluding tert-OH is 1. The number of nitrogens with zero attached hydrogens (tertiary/aromatic N) is 2. The van der Waals surface area contributed by atoms with Gasteiger partial charge in [0.2, 0.25) is 0 Å². The van der Waals surface area contributed by atoms with E-state index in [1.54, 1.807) is 12.1 Å². The molecular formula is C19H17N3O9. The van der Waals surface area contributed by atoms with E-state index in [2.05, 4.69) is 15.3 Å². The third-order valence-corrected chi connectivity index (χ3v) is 4.72. The summed E-state index contributed by atoms with van der Waals surface area (Å²) in [5.74, 6) is -2.26. The van der Waals surface area contributed by atoms with Crippen LogP contribution in [0.1, 0.15) is 33.9 Å². The van der Waals surface area contributed by atoms with Gasteiger partial charge in [-0.3, -0.25) is 9.36 Å². The van der Waals surface area contributed by atoms with Crippen LogP contribution < -0.4 is 11.2 Å². The number of anilines is 1. The van der Waals surface area contributed by atoms with E-state index in [9.17, 15) is 24.3 Å². The summed E-state index contributed by atoms with van der Waals surface area (Å²) in [4.78, 5) is 57.0. The summed E-state index contributed by atoms with van der Waals surface area (Å²) in [5.41, 5.74) is 1.40. The van der Waals surface area contributed by atoms with Crippen molar-refractivity contribution in [2.45, 2.75) is 31.5 Å². The number of hydrogen-bond donors (Lipinski definition) is 2. The van der Waals surface area contributed by atoms with Crippen molar-refractivity contribution >= 4 is 23.7 Å². The van der Waals surface area contributed by atoms with Crippen molar-refractivity contribution in [3.8, 4) is 0 Å². The van der Waals surface area contributed by atoms with Crippen LogP contribution in [-0.2, 0) is 23.8 Å². The molecule has 0 amide bonds. The van der Waals surface area contributed by atoms with Gasteiger partial charge in [-0.2, -0.15) is 4.98 Å². The minimum absolute atomic E-state index is 0.00329. The fraction of sp³-hybridized carbons (Fsp3) is 0.316. The van der Waals surface area contributed by atoms with Crippen LogP contribution in [0.5, 0.6) is 0 Å². The van der Waals surface area contributed by atoms with Gasteiger partial charge >= 0.3 is 23.6 Å². The second-order valence-electron chi connectivity index (χ2n) is 6.73. The Balaban J connectivity index is 1.68. The zero-order valence-corrected chi connectivity index (χ0v) is 16.1. The van der Waals surface area contributed by atoms with E-state index in [1.165, 1.54) is 24.4 Å². The van der Waals surface area contributed by atoms with Crippen molar-refractivity contribution in [1.82, 2.24) is 9.55 Å². The molecule has 2 N–H and O–H groups in total. The van der Waals surface area contributed by atoms with Crippen molar-refractivity contribution in [1.29, 1.82) is 0 Å². The maximum atomic E-state index is 12.7. The highest BCUT2D eigenvalue weighted by Gasteiger charge is 2.52. The summed E-state index contributed by atoms with van der Waals surface area (Å²) in [6.07, 6.45) is -3.40. The number of carbonyl (C=O) groups is 3. The van der Waals surface area contributed by atoms with E-state index in [-0.39, 0.29) is 16.9 Å². The first kappa shape index (κ1) is 20.5. The lowest BCUT2D eigenvalue weighted by Gasteiger charge is -2.27. The van der Waals surface area contributed by atoms with E-state index < -0.39 is 54.7 Å². The number of aliphatic hydroxyl groups is 1. The van der Waals surface area contributed by atoms with Crippen LogP contribution in [-0.4, -0.2) is 57.5 Å². The first-order valence-corrected chi connectivity index (χ1v) is 9.19. The first-order chi connectivity index (χ1) is 14.9. The molecule has 3 heterocycles. The third-order valence-electron chi connectivity index (χ3n) is 4.72. The standard InChI is InChI=1S/C19H17N3O9/c1-9(24)31-21-13-6-7-22(19(27)20-13)16-15-14(12(8-23)28-16)29-17(25)10-4-2-3-5-11(10)18(26)30-15/h2-7,12,14-16,23H,8H2,1H3,(H,20,21,27)/t12-,14-,15-,16-/m1/s1. The zero-order chi connectivity index (χ0) is 22.1. The van der Waals surface area contributed by atoms with Gasteiger partial charge < -0.3 is 24.2 Å². The maximum absolute atomic E-state index is 12.7. The van der Waals surface area contributed by atoms with Crippen molar-refractivity contribution in [2.75, 3.05) is 12.1 Å². The van der Waals surface area contributed by atoms with Crippen LogP contribution in [0.25, 0.3) is 0 Å². The molecule has 0 bridgehead atoms. The lowest BCUT2D eigenvalue weighted by atomic mass is 10.0. The average molecular weight is 431 g/mol. The number of rotatable bonds is 4. The second kappa shape index (κ2) is 8.16. The van der Waals surface area contributed by atoms with Gasteiger partial charge in [0, 0.05) is 19.2 Å². The molecule has 31 heavy (non-hydrogen) atoms. The topological polar surface area (TPSA) is 155 Å². The Bertz CT molecular complexity index is 1100. The van der Waals surface area contributed by atoms with Crippen LogP contribution in [0, 0.1) is 0 Å². The molecule has 2 aromatic rings. The van der Waals surface area contributed by atoms with Gasteiger partial charge in [0.15, 0.2) is 24.3 Å². The molecule has 1 aromatic carbocycles. The van der Waals surface area contributed by atoms with Gasteiger partial charge in [-0.25, -0.2) is 19.9 Å². The van der Waals surface area contributed by atoms with Crippen LogP contribution in [0.4, 0.5) is 5.82 Å². The molecule has 2 aliphatic heterocycles. The summed E-state index contributed by atoms with van der Waals surface area (Å²) in [6, 6.07) is 7.29. The first-order valence-electron chi connectivity index (χ1n) is 9.19. The SMILES string of the molecule is CC(=O)ONc1ccn([C@@H]2O[C@H](CO)[C@H]3OC(=O)c4ccccc4C(=O)O[C@H]32)c(=O)n1. The Kier molecular flexibility index (Phi) is 5.40. The molecule has 1 fully saturated rings. The van der Waals surface area contributed by atoms with Crippen LogP contribution >= 0.6 is 0 Å². The molecule has 0 saturated carbocycles. The molecule has 12 nitrogen and oxygen atoms in total. The summed E-state index contributed by atoms with van der Waals surface area (Å²) >= 11 is 0. The van der Waals surface area contributed by atoms with E-state index >= 15 is 0 Å². The minimum atomic E-state index is -1.23. The summed E-state index contributed by atoms with van der Waals surface area (Å²) in [6.45, 7) is 0.608. The third kappa shape index (κ3) is 3.85. The lowest BCUT2D eigenvalue weighted by molar-refractivity contribution is -0.138. The smallest absolute Gasteiger partial charge is 0.351 e. The maximum Gasteiger partial charge on any atom is 0.351 e. The molecule has 4 rings (SSSR count). The Labute approximate surface area is 174 Å². The Morgan fingerprint density at radius 3 is 2.35 bits per heavy atom. The molecule has 1 saturated heterocycles. The van der Waals surface area contributed by atoms with Gasteiger partial charge in [0.1, 0.15) is 6.10 Å². The van der Waals surface area contributed by atoms with Crippen molar-refractivity contribution < 1.29 is 38.5 Å². The summed E-state index contributed by atoms with van der Waals surface area (Å²) < 4.78 is 17.7. The predicted molar refractivity (Wildman–Crippen MR) is 99.7 cm³/mol. The van der Waals surface area contributed by atoms with Gasteiger partial charge in [0.05, 0.1) is 17.7 Å². The minimum Gasteiger partial charge on any atom is -0.452 e. The Morgan fingerprint density at radius 2 is 1.77 bits per heavy atom. The van der Waals surface area contributed by atoms with Crippen LogP contribution in [0.3, 0.4) is 0 Å². The van der Waals surface area contributed by atoms with Crippen molar-refractivity contribution in [2.24, 2.45) is 0 Å². The van der Waals surface area contributed by atoms with Crippen LogP contribution in [0.15, 0.2) is 41.3 Å². The highest BCUT2D eigenvalue weighted by atomic mass is 16.7. The highest BCUT2D eigenvalue weighted by Crippen LogP contribution is 2.35. The summed E-state index contributed by atoms with van der Waals surface area (Å²) in [7, 11) is 0. The fourth-order valence-corrected chi connectivity index (χ4v) is 3.35. The second-order valence-corrected chi connectivity index (χ2v) is 6.73. The molecule has 0 unspecified atom stereocenters. The normalized spacial score (nSPS) is 24.7. The molecule has 2 aliphatic rings. The van der Waals surface area contributed by atoms with Crippen LogP contribution in [0.2, 0.25) is 0 Å². The number of benzene rings is 1. The number of nitrogens with one attached hydrogen (secondary N) is 1. The average Bonchev–Trinajstić information content (AvgIpc) is 3.07. The number of fused-ring (bicyclic) bond motifs is 2. The zero-order valence-electron chi connectivity index (χ0n) is 16.1. The molecule has 162 valence electrons. The highest BCUT2D eigenvalue weighted by molar-refractivity contribution is 6.03. The molecular weight excluding hydrogens is 414 g/mol. The number of ether oxygens (including phenoxy) is 3. The molecule has 0 aliphatic carbocycles. The van der Waals surface area contributed by atoms with E-state index in [0.717, 1.165) is 11.5 Å². The predicted octanol–water partition coefficient (Wildman–Crippen LogP) is -0.212. The van der Waals surface area contributed by atoms with Gasteiger partial charge in [-0.15, -0.1) is 0 Å². The molecule has 0 radical (unpaired) electrons. The fourth-order valence-electron chi connectivity index (χ4n) is 3.35. The molecule has 1 aromatic heterocycles. The number of hydrogen-bond acceptors (Lipinski definition) is 11. The van der Waals surface area contributed by atoms with Gasteiger partial charge in [-0.05, 0) is 12.1 Å². The molecule has 4 atom stereocenters. The number of aromatic nitrogens is 2. The van der Waals surface area contributed by atoms with E-state index in [1.807, 2.05) is 0 Å². The van der Waals surface area contributed by atoms with Gasteiger partial charge in [-0.1, -0.05) is 12.1 Å². The van der Waals surface area contributed by atoms with Gasteiger partial charge in [0.25, 0.3) is 0 Å². The number of carbonyl (C=O) groups excluding carboxylic acids is 3. The summed E-state index contributed by atoms with van der Waals surface area (Å²) in [5, 5.41) is 9.70. The molecule has 12 heteroatoms. The van der Waals surface area contributed by atoms with E-state index in [0.29, 0.717) is 0 Å². The Morgan fingerprint density at radius 1 is 1.13 bits per heavy atom. The Hall–Kier alpha value is -3.77. The monoisotopic (exact) mass is 431 g/mol.